The lowest BCUT2D eigenvalue weighted by Gasteiger charge is -2.43. The van der Waals surface area contributed by atoms with Crippen LogP contribution >= 0.6 is 0 Å². The molecule has 1 saturated carbocycles. The summed E-state index contributed by atoms with van der Waals surface area (Å²) in [5, 5.41) is 0. The molecule has 0 bridgehead atoms. The fraction of sp³-hybridized carbons (Fsp3) is 0.731. The molecule has 1 saturated heterocycles. The van der Waals surface area contributed by atoms with Crippen molar-refractivity contribution in [2.24, 2.45) is 16.7 Å². The lowest BCUT2D eigenvalue weighted by molar-refractivity contribution is -0.628. The predicted octanol–water partition coefficient (Wildman–Crippen LogP) is 6.42. The van der Waals surface area contributed by atoms with Gasteiger partial charge in [-0.3, -0.25) is 9.69 Å². The first kappa shape index (κ1) is 23.0. The number of carbonyl (C=O) groups excluding carboxylic acids is 1. The lowest BCUT2D eigenvalue weighted by atomic mass is 9.69. The van der Waals surface area contributed by atoms with E-state index in [0.29, 0.717) is 5.92 Å². The van der Waals surface area contributed by atoms with Crippen molar-refractivity contribution in [3.8, 4) is 0 Å². The van der Waals surface area contributed by atoms with Crippen LogP contribution in [0.15, 0.2) is 24.3 Å². The molecule has 2 fully saturated rings. The predicted molar refractivity (Wildman–Crippen MR) is 122 cm³/mol. The second kappa shape index (κ2) is 8.09. The lowest BCUT2D eigenvalue weighted by Crippen LogP contribution is -2.54. The van der Waals surface area contributed by atoms with Crippen molar-refractivity contribution in [2.45, 2.75) is 98.7 Å². The third-order valence-electron chi connectivity index (χ3n) is 7.41. The molecule has 4 nitrogen and oxygen atoms in total. The molecule has 1 aliphatic heterocycles. The third kappa shape index (κ3) is 4.63. The monoisotopic (exact) mass is 413 g/mol. The van der Waals surface area contributed by atoms with E-state index in [1.54, 1.807) is 0 Å². The second-order valence-corrected chi connectivity index (χ2v) is 11.9. The largest absolute Gasteiger partial charge is 0.298 e. The van der Waals surface area contributed by atoms with Gasteiger partial charge in [-0.15, -0.1) is 0 Å². The van der Waals surface area contributed by atoms with Crippen LogP contribution in [0.25, 0.3) is 0 Å². The van der Waals surface area contributed by atoms with Gasteiger partial charge in [0.1, 0.15) is 0 Å². The van der Waals surface area contributed by atoms with Crippen molar-refractivity contribution in [1.82, 2.24) is 4.90 Å². The molecule has 0 radical (unpaired) electrons. The highest BCUT2D eigenvalue weighted by Gasteiger charge is 2.63. The van der Waals surface area contributed by atoms with Gasteiger partial charge in [-0.25, -0.2) is 0 Å². The highest BCUT2D eigenvalue weighted by Crippen LogP contribution is 2.49. The van der Waals surface area contributed by atoms with Crippen molar-refractivity contribution in [3.63, 3.8) is 0 Å². The van der Waals surface area contributed by atoms with E-state index in [0.717, 1.165) is 48.8 Å². The highest BCUT2D eigenvalue weighted by atomic mass is 16.3. The molecule has 1 aromatic carbocycles. The Morgan fingerprint density at radius 3 is 2.13 bits per heavy atom. The molecular formula is C26H41N2O2+. The molecule has 1 spiro atoms. The molecular weight excluding hydrogens is 372 g/mol. The van der Waals surface area contributed by atoms with E-state index in [1.807, 2.05) is 4.90 Å². The van der Waals surface area contributed by atoms with Crippen LogP contribution in [-0.4, -0.2) is 27.8 Å². The summed E-state index contributed by atoms with van der Waals surface area (Å²) in [6.45, 7) is 15.7. The van der Waals surface area contributed by atoms with Crippen molar-refractivity contribution >= 4 is 5.91 Å². The maximum atomic E-state index is 13.2. The maximum Gasteiger partial charge on any atom is 0.298 e. The zero-order valence-corrected chi connectivity index (χ0v) is 20.1. The molecule has 0 aromatic heterocycles. The van der Waals surface area contributed by atoms with Gasteiger partial charge in [-0.05, 0) is 54.9 Å². The Labute approximate surface area is 183 Å². The molecule has 0 N–H and O–H groups in total. The third-order valence-corrected chi connectivity index (χ3v) is 7.41. The number of nitrogens with zero attached hydrogens (tertiary/aromatic N) is 2. The van der Waals surface area contributed by atoms with Gasteiger partial charge in [0.25, 0.3) is 18.1 Å². The summed E-state index contributed by atoms with van der Waals surface area (Å²) >= 11 is 0. The van der Waals surface area contributed by atoms with Crippen LogP contribution in [-0.2, 0) is 4.79 Å². The minimum atomic E-state index is -0.674. The first-order chi connectivity index (χ1) is 13.8. The Kier molecular flexibility index (Phi) is 6.19. The highest BCUT2D eigenvalue weighted by molar-refractivity contribution is 5.80. The van der Waals surface area contributed by atoms with Crippen LogP contribution in [0.2, 0.25) is 0 Å². The fourth-order valence-electron chi connectivity index (χ4n) is 5.40. The van der Waals surface area contributed by atoms with E-state index < -0.39 is 5.66 Å². The van der Waals surface area contributed by atoms with Crippen LogP contribution in [0, 0.1) is 28.6 Å². The van der Waals surface area contributed by atoms with Crippen LogP contribution in [0.4, 0.5) is 0 Å². The van der Waals surface area contributed by atoms with Crippen LogP contribution in [0.5, 0.6) is 0 Å². The Bertz CT molecular complexity index is 775. The van der Waals surface area contributed by atoms with Crippen molar-refractivity contribution in [2.75, 3.05) is 6.54 Å². The van der Waals surface area contributed by atoms with Gasteiger partial charge in [-0.2, -0.15) is 0 Å². The number of hydrogen-bond acceptors (Lipinski definition) is 2. The van der Waals surface area contributed by atoms with Gasteiger partial charge in [0.05, 0.1) is 6.04 Å². The smallest absolute Gasteiger partial charge is 0.267 e. The summed E-state index contributed by atoms with van der Waals surface area (Å²) in [6.07, 6.45) is 5.47. The van der Waals surface area contributed by atoms with Gasteiger partial charge >= 0.3 is 0 Å². The number of carbonyl (C=O) groups is 1. The number of benzene rings is 1. The second-order valence-electron chi connectivity index (χ2n) is 11.9. The summed E-state index contributed by atoms with van der Waals surface area (Å²) in [6, 6.07) is 8.51. The SMILES string of the molecule is Cc1ccc(C(CCC(C)(C)C)N2C(=O)C[N+](=O)C23CCC(C(C)(C)C)CC3)cc1. The number of aryl methyl sites for hydroxylation is 1. The minimum absolute atomic E-state index is 0.00121. The van der Waals surface area contributed by atoms with E-state index >= 15 is 0 Å². The molecule has 4 heteroatoms. The molecule has 30 heavy (non-hydrogen) atoms. The van der Waals surface area contributed by atoms with Gasteiger partial charge in [0.2, 0.25) is 0 Å². The Hall–Kier alpha value is -1.71. The molecule has 1 aliphatic carbocycles. The topological polar surface area (TPSA) is 40.4 Å². The van der Waals surface area contributed by atoms with E-state index in [4.69, 9.17) is 0 Å². The van der Waals surface area contributed by atoms with E-state index in [1.165, 1.54) is 5.56 Å². The van der Waals surface area contributed by atoms with E-state index in [-0.39, 0.29) is 29.3 Å². The van der Waals surface area contributed by atoms with E-state index in [2.05, 4.69) is 72.7 Å². The average Bonchev–Trinajstić information content (AvgIpc) is 2.86. The van der Waals surface area contributed by atoms with Gasteiger partial charge in [-0.1, -0.05) is 71.4 Å². The van der Waals surface area contributed by atoms with Crippen molar-refractivity contribution in [3.05, 3.63) is 40.3 Å². The summed E-state index contributed by atoms with van der Waals surface area (Å²) in [5.41, 5.74) is 2.12. The summed E-state index contributed by atoms with van der Waals surface area (Å²) < 4.78 is 1.12. The zero-order valence-electron chi connectivity index (χ0n) is 20.1. The first-order valence-corrected chi connectivity index (χ1v) is 11.7. The summed E-state index contributed by atoms with van der Waals surface area (Å²) in [4.78, 5) is 28.4. The standard InChI is InChI=1S/C26H41N2O2/c1-19-8-10-20(11-9-19)22(14-15-24(2,3)4)28-23(29)18-27(30)26(28)16-12-21(13-17-26)25(5,6)7/h8-11,21-22H,12-18H2,1-7H3/q+1. The zero-order chi connectivity index (χ0) is 22.3. The Balaban J connectivity index is 1.96. The van der Waals surface area contributed by atoms with E-state index in [9.17, 15) is 9.70 Å². The molecule has 1 heterocycles. The summed E-state index contributed by atoms with van der Waals surface area (Å²) in [5.74, 6) is 0.597. The molecule has 1 aromatic rings. The minimum Gasteiger partial charge on any atom is -0.267 e. The quantitative estimate of drug-likeness (QED) is 0.535. The van der Waals surface area contributed by atoms with Gasteiger partial charge in [0, 0.05) is 22.5 Å². The fourth-order valence-corrected chi connectivity index (χ4v) is 5.40. The molecule has 2 aliphatic rings. The maximum absolute atomic E-state index is 13.2. The Morgan fingerprint density at radius 2 is 1.63 bits per heavy atom. The van der Waals surface area contributed by atoms with Gasteiger partial charge in [0.15, 0.2) is 0 Å². The van der Waals surface area contributed by atoms with Crippen molar-refractivity contribution < 1.29 is 9.55 Å². The van der Waals surface area contributed by atoms with Crippen LogP contribution < -0.4 is 0 Å². The number of amides is 1. The molecule has 3 rings (SSSR count). The molecule has 166 valence electrons. The number of hydrogen-bond donors (Lipinski definition) is 0. The van der Waals surface area contributed by atoms with Gasteiger partial charge < -0.3 is 0 Å². The molecule has 1 atom stereocenters. The molecule has 1 unspecified atom stereocenters. The van der Waals surface area contributed by atoms with Crippen LogP contribution in [0.3, 0.4) is 0 Å². The summed E-state index contributed by atoms with van der Waals surface area (Å²) in [7, 11) is 0. The average molecular weight is 414 g/mol. The number of rotatable bonds is 4. The first-order valence-electron chi connectivity index (χ1n) is 11.7. The molecule has 1 amide bonds. The van der Waals surface area contributed by atoms with Crippen molar-refractivity contribution in [1.29, 1.82) is 0 Å². The van der Waals surface area contributed by atoms with Crippen LogP contribution in [0.1, 0.15) is 97.2 Å². The number of nitroso groups, excluding NO2 is 1. The normalized spacial score (nSPS) is 26.5. The Morgan fingerprint density at radius 1 is 1.07 bits per heavy atom.